The molecule has 2 N–H and O–H groups in total. The molecule has 0 saturated heterocycles. The van der Waals surface area contributed by atoms with Gasteiger partial charge in [-0.05, 0) is 39.0 Å². The lowest BCUT2D eigenvalue weighted by atomic mass is 9.64. The lowest BCUT2D eigenvalue weighted by Crippen LogP contribution is -2.58. The number of halogens is 1. The molecule has 2 aliphatic rings. The van der Waals surface area contributed by atoms with Crippen molar-refractivity contribution in [1.82, 2.24) is 10.9 Å². The first-order chi connectivity index (χ1) is 8.90. The molecule has 5 heteroatoms. The number of rotatable bonds is 2. The number of carbonyl (C=O) groups excluding carboxylic acids is 2. The lowest BCUT2D eigenvalue weighted by molar-refractivity contribution is -0.137. The van der Waals surface area contributed by atoms with Gasteiger partial charge in [-0.25, -0.2) is 5.43 Å². The molecule has 0 spiro atoms. The van der Waals surface area contributed by atoms with Gasteiger partial charge < -0.3 is 0 Å². The molecule has 2 aliphatic carbocycles. The molecule has 4 nitrogen and oxygen atoms in total. The number of Topliss-reactive ketones (excluding diaryl/α,β-unsaturated/α-hetero) is 1. The first-order valence-electron chi connectivity index (χ1n) is 7.16. The average molecular weight is 345 g/mol. The summed E-state index contributed by atoms with van der Waals surface area (Å²) in [5.41, 5.74) is 4.22. The Balaban J connectivity index is 2.34. The van der Waals surface area contributed by atoms with Crippen molar-refractivity contribution >= 4 is 27.6 Å². The van der Waals surface area contributed by atoms with Gasteiger partial charge in [0.25, 0.3) is 0 Å². The zero-order chi connectivity index (χ0) is 15.6. The topological polar surface area (TPSA) is 58.2 Å². The highest BCUT2D eigenvalue weighted by atomic mass is 79.9. The Morgan fingerprint density at radius 2 is 1.80 bits per heavy atom. The fraction of sp³-hybridized carbons (Fsp3) is 0.867. The molecule has 0 radical (unpaired) electrons. The number of ketones is 1. The van der Waals surface area contributed by atoms with Gasteiger partial charge in [-0.15, -0.1) is 0 Å². The van der Waals surface area contributed by atoms with E-state index in [9.17, 15) is 9.59 Å². The summed E-state index contributed by atoms with van der Waals surface area (Å²) in [6, 6.07) is 0. The van der Waals surface area contributed by atoms with Crippen LogP contribution in [-0.4, -0.2) is 22.1 Å². The summed E-state index contributed by atoms with van der Waals surface area (Å²) in [5, 5.41) is 0. The molecule has 0 aromatic rings. The third-order valence-corrected chi connectivity index (χ3v) is 6.87. The Morgan fingerprint density at radius 3 is 2.20 bits per heavy atom. The first-order valence-corrected chi connectivity index (χ1v) is 8.08. The molecule has 2 fully saturated rings. The molecule has 1 amide bonds. The van der Waals surface area contributed by atoms with Crippen LogP contribution in [0.5, 0.6) is 0 Å². The van der Waals surface area contributed by atoms with E-state index in [2.05, 4.69) is 40.6 Å². The summed E-state index contributed by atoms with van der Waals surface area (Å²) < 4.78 is 0. The van der Waals surface area contributed by atoms with Crippen molar-refractivity contribution in [2.45, 2.75) is 64.8 Å². The standard InChI is InChI=1S/C15H25BrN2O2/c1-12(2,3)18-17-11(20)15-8-7-14(6,13(15,4)5)10(19)9(15)16/h9,18H,7-8H2,1-6H3,(H,17,20). The van der Waals surface area contributed by atoms with Crippen molar-refractivity contribution in [1.29, 1.82) is 0 Å². The van der Waals surface area contributed by atoms with Crippen LogP contribution in [0.1, 0.15) is 54.4 Å². The SMILES string of the molecule is CC(C)(C)NNC(=O)C12CCC(C)(C(=O)C1Br)C2(C)C. The maximum atomic E-state index is 12.8. The van der Waals surface area contributed by atoms with E-state index >= 15 is 0 Å². The molecule has 3 atom stereocenters. The number of carbonyl (C=O) groups is 2. The molecule has 0 aromatic carbocycles. The van der Waals surface area contributed by atoms with E-state index in [1.165, 1.54) is 0 Å². The Bertz CT molecular complexity index is 469. The third-order valence-electron chi connectivity index (χ3n) is 5.68. The number of fused-ring (bicyclic) bond motifs is 2. The van der Waals surface area contributed by atoms with Crippen LogP contribution in [-0.2, 0) is 9.59 Å². The minimum absolute atomic E-state index is 0.0751. The van der Waals surface area contributed by atoms with Gasteiger partial charge in [0.05, 0.1) is 10.2 Å². The summed E-state index contributed by atoms with van der Waals surface area (Å²) in [7, 11) is 0. The molecule has 2 bridgehead atoms. The summed E-state index contributed by atoms with van der Waals surface area (Å²) >= 11 is 3.51. The van der Waals surface area contributed by atoms with E-state index in [0.717, 1.165) is 12.8 Å². The van der Waals surface area contributed by atoms with Crippen molar-refractivity contribution in [2.75, 3.05) is 0 Å². The normalized spacial score (nSPS) is 39.1. The first kappa shape index (κ1) is 16.0. The zero-order valence-electron chi connectivity index (χ0n) is 13.2. The number of amides is 1. The van der Waals surface area contributed by atoms with Crippen molar-refractivity contribution in [3.8, 4) is 0 Å². The zero-order valence-corrected chi connectivity index (χ0v) is 14.8. The van der Waals surface area contributed by atoms with Crippen LogP contribution >= 0.6 is 15.9 Å². The second-order valence-electron chi connectivity index (χ2n) is 7.98. The Hall–Kier alpha value is -0.420. The van der Waals surface area contributed by atoms with Crippen LogP contribution in [0.25, 0.3) is 0 Å². The third kappa shape index (κ3) is 1.75. The summed E-state index contributed by atoms with van der Waals surface area (Å²) in [6.07, 6.45) is 1.53. The van der Waals surface area contributed by atoms with Crippen LogP contribution in [0, 0.1) is 16.2 Å². The maximum Gasteiger partial charge on any atom is 0.242 e. The van der Waals surface area contributed by atoms with E-state index in [-0.39, 0.29) is 22.6 Å². The highest BCUT2D eigenvalue weighted by Gasteiger charge is 2.76. The Kier molecular flexibility index (Phi) is 3.42. The molecule has 2 rings (SSSR count). The van der Waals surface area contributed by atoms with Crippen molar-refractivity contribution < 1.29 is 9.59 Å². The van der Waals surface area contributed by atoms with Crippen LogP contribution in [0.4, 0.5) is 0 Å². The van der Waals surface area contributed by atoms with Gasteiger partial charge in [0.15, 0.2) is 5.78 Å². The molecular weight excluding hydrogens is 320 g/mol. The molecule has 0 aromatic heterocycles. The van der Waals surface area contributed by atoms with Crippen LogP contribution in [0.3, 0.4) is 0 Å². The minimum atomic E-state index is -0.670. The number of hydrazine groups is 1. The van der Waals surface area contributed by atoms with Gasteiger partial charge in [-0.2, -0.15) is 0 Å². The number of hydrogen-bond acceptors (Lipinski definition) is 3. The van der Waals surface area contributed by atoms with Crippen LogP contribution < -0.4 is 10.9 Å². The van der Waals surface area contributed by atoms with Gasteiger partial charge in [-0.3, -0.25) is 15.0 Å². The molecule has 114 valence electrons. The average Bonchev–Trinajstić information content (AvgIpc) is 2.58. The summed E-state index contributed by atoms with van der Waals surface area (Å²) in [5.74, 6) is 0.0912. The largest absolute Gasteiger partial charge is 0.298 e. The molecule has 2 saturated carbocycles. The molecule has 20 heavy (non-hydrogen) atoms. The molecule has 0 heterocycles. The van der Waals surface area contributed by atoms with E-state index < -0.39 is 15.7 Å². The van der Waals surface area contributed by atoms with Gasteiger partial charge in [0, 0.05) is 11.0 Å². The van der Waals surface area contributed by atoms with Crippen LogP contribution in [0.15, 0.2) is 0 Å². The second kappa shape index (κ2) is 4.29. The predicted octanol–water partition coefficient (Wildman–Crippen LogP) is 2.56. The molecule has 0 aliphatic heterocycles. The number of alkyl halides is 1. The van der Waals surface area contributed by atoms with E-state index in [1.807, 2.05) is 27.7 Å². The molecule has 3 unspecified atom stereocenters. The van der Waals surface area contributed by atoms with Gasteiger partial charge in [-0.1, -0.05) is 36.7 Å². The highest BCUT2D eigenvalue weighted by Crippen LogP contribution is 2.72. The van der Waals surface area contributed by atoms with Crippen LogP contribution in [0.2, 0.25) is 0 Å². The van der Waals surface area contributed by atoms with E-state index in [4.69, 9.17) is 0 Å². The van der Waals surface area contributed by atoms with Gasteiger partial charge in [0.1, 0.15) is 0 Å². The Morgan fingerprint density at radius 1 is 1.25 bits per heavy atom. The number of nitrogens with one attached hydrogen (secondary N) is 2. The predicted molar refractivity (Wildman–Crippen MR) is 82.3 cm³/mol. The monoisotopic (exact) mass is 344 g/mol. The summed E-state index contributed by atoms with van der Waals surface area (Å²) in [4.78, 5) is 25.0. The Labute approximate surface area is 129 Å². The van der Waals surface area contributed by atoms with Gasteiger partial charge in [0.2, 0.25) is 5.91 Å². The van der Waals surface area contributed by atoms with E-state index in [0.29, 0.717) is 0 Å². The van der Waals surface area contributed by atoms with E-state index in [1.54, 1.807) is 0 Å². The lowest BCUT2D eigenvalue weighted by Gasteiger charge is -2.40. The van der Waals surface area contributed by atoms with Crippen molar-refractivity contribution in [3.63, 3.8) is 0 Å². The smallest absolute Gasteiger partial charge is 0.242 e. The summed E-state index contributed by atoms with van der Waals surface area (Å²) in [6.45, 7) is 12.1. The number of hydrogen-bond donors (Lipinski definition) is 2. The van der Waals surface area contributed by atoms with Crippen molar-refractivity contribution in [3.05, 3.63) is 0 Å². The second-order valence-corrected chi connectivity index (χ2v) is 8.90. The fourth-order valence-electron chi connectivity index (χ4n) is 3.81. The fourth-order valence-corrected chi connectivity index (χ4v) is 5.33. The van der Waals surface area contributed by atoms with Gasteiger partial charge >= 0.3 is 0 Å². The van der Waals surface area contributed by atoms with Crippen molar-refractivity contribution in [2.24, 2.45) is 16.2 Å². The quantitative estimate of drug-likeness (QED) is 0.597. The minimum Gasteiger partial charge on any atom is -0.298 e. The maximum absolute atomic E-state index is 12.8. The highest BCUT2D eigenvalue weighted by molar-refractivity contribution is 9.10. The molecular formula is C15H25BrN2O2.